The number of benzene rings is 2. The fraction of sp³-hybridized carbons (Fsp3) is 0.200. The second kappa shape index (κ2) is 5.20. The Morgan fingerprint density at radius 2 is 1.95 bits per heavy atom. The molecule has 1 N–H and O–H groups in total. The quantitative estimate of drug-likeness (QED) is 0.776. The van der Waals surface area contributed by atoms with E-state index in [1.807, 2.05) is 31.2 Å². The summed E-state index contributed by atoms with van der Waals surface area (Å²) in [5.41, 5.74) is 0.980. The van der Waals surface area contributed by atoms with E-state index in [9.17, 15) is 0 Å². The van der Waals surface area contributed by atoms with Crippen molar-refractivity contribution in [3.05, 3.63) is 48.3 Å². The first kappa shape index (κ1) is 11.9. The van der Waals surface area contributed by atoms with Crippen molar-refractivity contribution in [3.8, 4) is 11.5 Å². The summed E-state index contributed by atoms with van der Waals surface area (Å²) in [5.74, 6) is 1.26. The van der Waals surface area contributed by atoms with E-state index in [2.05, 4.69) is 33.7 Å². The Morgan fingerprint density at radius 1 is 1.11 bits per heavy atom. The van der Waals surface area contributed by atoms with E-state index in [4.69, 9.17) is 4.52 Å². The minimum Gasteiger partial charge on any atom is -0.334 e. The summed E-state index contributed by atoms with van der Waals surface area (Å²) in [6.45, 7) is 3.56. The number of hydrogen-bond acceptors (Lipinski definition) is 4. The van der Waals surface area contributed by atoms with Crippen molar-refractivity contribution < 1.29 is 4.52 Å². The molecule has 4 heteroatoms. The van der Waals surface area contributed by atoms with Crippen LogP contribution in [0.3, 0.4) is 0 Å². The van der Waals surface area contributed by atoms with E-state index in [-0.39, 0.29) is 0 Å². The highest BCUT2D eigenvalue weighted by Crippen LogP contribution is 2.27. The number of nitrogens with one attached hydrogen (secondary N) is 1. The zero-order valence-electron chi connectivity index (χ0n) is 10.8. The summed E-state index contributed by atoms with van der Waals surface area (Å²) < 4.78 is 5.35. The molecule has 0 saturated heterocycles. The van der Waals surface area contributed by atoms with Crippen molar-refractivity contribution in [3.63, 3.8) is 0 Å². The van der Waals surface area contributed by atoms with E-state index < -0.39 is 0 Å². The van der Waals surface area contributed by atoms with Gasteiger partial charge in [0.1, 0.15) is 0 Å². The Bertz CT molecular complexity index is 685. The fourth-order valence-electron chi connectivity index (χ4n) is 2.08. The largest absolute Gasteiger partial charge is 0.334 e. The zero-order valence-corrected chi connectivity index (χ0v) is 10.8. The van der Waals surface area contributed by atoms with Gasteiger partial charge >= 0.3 is 0 Å². The van der Waals surface area contributed by atoms with E-state index >= 15 is 0 Å². The predicted molar refractivity (Wildman–Crippen MR) is 74.6 cm³/mol. The van der Waals surface area contributed by atoms with Gasteiger partial charge in [-0.15, -0.1) is 0 Å². The molecule has 0 unspecified atom stereocenters. The van der Waals surface area contributed by atoms with Gasteiger partial charge in [0.25, 0.3) is 5.89 Å². The lowest BCUT2D eigenvalue weighted by Crippen LogP contribution is -2.12. The predicted octanol–water partition coefficient (Wildman–Crippen LogP) is 3.00. The molecule has 0 atom stereocenters. The molecule has 19 heavy (non-hydrogen) atoms. The Hall–Kier alpha value is -2.20. The molecule has 3 aromatic rings. The lowest BCUT2D eigenvalue weighted by molar-refractivity contribution is 0.420. The Morgan fingerprint density at radius 3 is 2.84 bits per heavy atom. The van der Waals surface area contributed by atoms with Crippen LogP contribution >= 0.6 is 0 Å². The van der Waals surface area contributed by atoms with Crippen LogP contribution in [0.15, 0.2) is 47.0 Å². The molecule has 0 saturated carbocycles. The number of hydrogen-bond donors (Lipinski definition) is 1. The van der Waals surface area contributed by atoms with Crippen molar-refractivity contribution in [1.29, 1.82) is 0 Å². The molecule has 1 aromatic heterocycles. The molecule has 3 rings (SSSR count). The van der Waals surface area contributed by atoms with Crippen LogP contribution in [0.2, 0.25) is 0 Å². The molecule has 0 fully saturated rings. The van der Waals surface area contributed by atoms with Crippen LogP contribution in [0.5, 0.6) is 0 Å². The first-order valence-electron chi connectivity index (χ1n) is 6.40. The number of aromatic nitrogens is 2. The first-order valence-corrected chi connectivity index (χ1v) is 6.40. The third-order valence-electron chi connectivity index (χ3n) is 3.02. The van der Waals surface area contributed by atoms with Gasteiger partial charge in [0, 0.05) is 5.56 Å². The lowest BCUT2D eigenvalue weighted by Gasteiger charge is -2.01. The molecule has 0 aliphatic rings. The first-order chi connectivity index (χ1) is 9.38. The van der Waals surface area contributed by atoms with Crippen molar-refractivity contribution in [2.24, 2.45) is 0 Å². The van der Waals surface area contributed by atoms with Gasteiger partial charge in [-0.1, -0.05) is 48.5 Å². The molecule has 96 valence electrons. The van der Waals surface area contributed by atoms with Crippen LogP contribution in [-0.4, -0.2) is 16.7 Å². The van der Waals surface area contributed by atoms with Crippen LogP contribution in [0.25, 0.3) is 22.2 Å². The lowest BCUT2D eigenvalue weighted by atomic mass is 10.0. The second-order valence-corrected chi connectivity index (χ2v) is 4.32. The van der Waals surface area contributed by atoms with Crippen molar-refractivity contribution in [2.75, 3.05) is 6.54 Å². The highest BCUT2D eigenvalue weighted by atomic mass is 16.5. The van der Waals surface area contributed by atoms with Crippen molar-refractivity contribution >= 4 is 10.8 Å². The highest BCUT2D eigenvalue weighted by Gasteiger charge is 2.11. The molecule has 2 aromatic carbocycles. The van der Waals surface area contributed by atoms with E-state index in [1.54, 1.807) is 0 Å². The normalized spacial score (nSPS) is 11.0. The summed E-state index contributed by atoms with van der Waals surface area (Å²) in [6, 6.07) is 14.3. The minimum absolute atomic E-state index is 0.574. The number of nitrogens with zero attached hydrogens (tertiary/aromatic N) is 2. The van der Waals surface area contributed by atoms with Gasteiger partial charge in [0.15, 0.2) is 5.82 Å². The average Bonchev–Trinajstić information content (AvgIpc) is 2.93. The van der Waals surface area contributed by atoms with Gasteiger partial charge in [-0.2, -0.15) is 4.98 Å². The van der Waals surface area contributed by atoms with Crippen molar-refractivity contribution in [1.82, 2.24) is 15.5 Å². The maximum absolute atomic E-state index is 5.35. The highest BCUT2D eigenvalue weighted by molar-refractivity contribution is 5.94. The van der Waals surface area contributed by atoms with Gasteiger partial charge in [-0.3, -0.25) is 0 Å². The number of fused-ring (bicyclic) bond motifs is 1. The minimum atomic E-state index is 0.574. The van der Waals surface area contributed by atoms with Gasteiger partial charge in [-0.05, 0) is 23.4 Å². The van der Waals surface area contributed by atoms with Crippen LogP contribution in [0.4, 0.5) is 0 Å². The SMILES string of the molecule is CCNCc1noc(-c2cccc3ccccc23)n1. The maximum atomic E-state index is 5.35. The van der Waals surface area contributed by atoms with Crippen LogP contribution in [0.1, 0.15) is 12.7 Å². The summed E-state index contributed by atoms with van der Waals surface area (Å²) in [5, 5.41) is 9.47. The molecular formula is C15H15N3O. The summed E-state index contributed by atoms with van der Waals surface area (Å²) in [7, 11) is 0. The standard InChI is InChI=1S/C15H15N3O/c1-2-16-10-14-17-15(19-18-14)13-9-5-7-11-6-3-4-8-12(11)13/h3-9,16H,2,10H2,1H3. The smallest absolute Gasteiger partial charge is 0.258 e. The van der Waals surface area contributed by atoms with Crippen molar-refractivity contribution in [2.45, 2.75) is 13.5 Å². The summed E-state index contributed by atoms with van der Waals surface area (Å²) in [4.78, 5) is 4.43. The third kappa shape index (κ3) is 2.35. The topological polar surface area (TPSA) is 51.0 Å². The number of rotatable bonds is 4. The summed E-state index contributed by atoms with van der Waals surface area (Å²) in [6.07, 6.45) is 0. The van der Waals surface area contributed by atoms with E-state index in [1.165, 1.54) is 5.39 Å². The van der Waals surface area contributed by atoms with Gasteiger partial charge in [0.2, 0.25) is 0 Å². The zero-order chi connectivity index (χ0) is 13.1. The van der Waals surface area contributed by atoms with Gasteiger partial charge in [-0.25, -0.2) is 0 Å². The van der Waals surface area contributed by atoms with Crippen LogP contribution in [-0.2, 0) is 6.54 Å². The average molecular weight is 253 g/mol. The molecule has 4 nitrogen and oxygen atoms in total. The Kier molecular flexibility index (Phi) is 3.25. The second-order valence-electron chi connectivity index (χ2n) is 4.32. The van der Waals surface area contributed by atoms with Gasteiger partial charge in [0.05, 0.1) is 6.54 Å². The monoisotopic (exact) mass is 253 g/mol. The molecule has 0 aliphatic heterocycles. The Labute approximate surface area is 111 Å². The molecule has 0 aliphatic carbocycles. The molecule has 0 amide bonds. The van der Waals surface area contributed by atoms with E-state index in [0.717, 1.165) is 17.5 Å². The van der Waals surface area contributed by atoms with Crippen LogP contribution in [0, 0.1) is 0 Å². The third-order valence-corrected chi connectivity index (χ3v) is 3.02. The molecule has 1 heterocycles. The Balaban J connectivity index is 2.02. The van der Waals surface area contributed by atoms with E-state index in [0.29, 0.717) is 18.3 Å². The maximum Gasteiger partial charge on any atom is 0.258 e. The summed E-state index contributed by atoms with van der Waals surface area (Å²) >= 11 is 0. The van der Waals surface area contributed by atoms with Crippen LogP contribution < -0.4 is 5.32 Å². The molecule has 0 spiro atoms. The van der Waals surface area contributed by atoms with Gasteiger partial charge < -0.3 is 9.84 Å². The molecule has 0 bridgehead atoms. The molecular weight excluding hydrogens is 238 g/mol. The fourth-order valence-corrected chi connectivity index (χ4v) is 2.08. The molecule has 0 radical (unpaired) electrons.